The number of nitrogens with zero attached hydrogens (tertiary/aromatic N) is 5. The van der Waals surface area contributed by atoms with Gasteiger partial charge in [-0.25, -0.2) is 29.6 Å². The number of methoxy groups -OCH3 is 1. The Balaban J connectivity index is 0.000000206. The number of aromatic nitrogens is 6. The molecule has 0 aliphatic carbocycles. The molecule has 0 saturated carbocycles. The summed E-state index contributed by atoms with van der Waals surface area (Å²) in [5.41, 5.74) is 8.20. The third-order valence-corrected chi connectivity index (χ3v) is 23.9. The molecule has 1 aliphatic heterocycles. The van der Waals surface area contributed by atoms with Crippen molar-refractivity contribution >= 4 is 87.4 Å². The third kappa shape index (κ3) is 18.0. The number of H-pyrrole nitrogens is 1. The third-order valence-electron chi connectivity index (χ3n) is 18.2. The van der Waals surface area contributed by atoms with Gasteiger partial charge in [0.05, 0.1) is 58.3 Å². The molecule has 0 spiro atoms. The maximum absolute atomic E-state index is 15.9. The van der Waals surface area contributed by atoms with Crippen LogP contribution in [0.25, 0.3) is 50.4 Å². The number of aryl methyl sites for hydroxylation is 3. The van der Waals surface area contributed by atoms with Crippen molar-refractivity contribution in [1.82, 2.24) is 28.5 Å². The second-order valence-corrected chi connectivity index (χ2v) is 33.0. The van der Waals surface area contributed by atoms with Crippen LogP contribution in [-0.4, -0.2) is 92.5 Å². The molecular weight excluding hydrogens is 1410 g/mol. The van der Waals surface area contributed by atoms with Crippen LogP contribution in [0.4, 0.5) is 8.78 Å². The van der Waals surface area contributed by atoms with Crippen LogP contribution in [0.15, 0.2) is 198 Å². The van der Waals surface area contributed by atoms with Gasteiger partial charge in [0.15, 0.2) is 33.0 Å². The summed E-state index contributed by atoms with van der Waals surface area (Å²) in [5, 5.41) is 20.4. The molecule has 22 heteroatoms. The number of carbonyl (C=O) groups is 2. The number of fused-ring (bicyclic) bond motifs is 9. The van der Waals surface area contributed by atoms with E-state index in [2.05, 4.69) is 53.5 Å². The van der Waals surface area contributed by atoms with Crippen molar-refractivity contribution < 1.29 is 54.5 Å². The summed E-state index contributed by atoms with van der Waals surface area (Å²) in [6.07, 6.45) is 14.0. The normalized spacial score (nSPS) is 15.1. The zero-order valence-electron chi connectivity index (χ0n) is 57.2. The van der Waals surface area contributed by atoms with Gasteiger partial charge in [-0.05, 0) is 152 Å². The van der Waals surface area contributed by atoms with Crippen LogP contribution in [-0.2, 0) is 47.0 Å². The summed E-state index contributed by atoms with van der Waals surface area (Å²) < 4.78 is 109. The number of sulfone groups is 1. The topological polar surface area (TPSA) is 207 Å². The molecule has 0 radical (unpaired) electrons. The number of aromatic amines is 1. The molecule has 12 rings (SSSR count). The van der Waals surface area contributed by atoms with E-state index >= 15 is 8.78 Å². The van der Waals surface area contributed by atoms with E-state index in [-0.39, 0.29) is 69.7 Å². The predicted molar refractivity (Wildman–Crippen MR) is 399 cm³/mol. The van der Waals surface area contributed by atoms with Crippen molar-refractivity contribution in [3.05, 3.63) is 239 Å². The standard InChI is InChI=1S/C43H43BrFN3O5S2.C36H38FN3O5S/c1-6-35-36-19-23-48(55(50,51)34-17-15-29(2)16-18-34)40(36)26-37(45)42(35)53-33-13-8-10-30(25-33)38-20-22-47(46-38)39(31-11-7-12-32(44)24-31)14-9-21-43(3,4)28-54-27-41(49)52-5;1-36(2)16-5-10-33(26-8-3-6-24(20-26)11-12-34(41)42)40-18-14-31(39-40)25-7-4-9-27(21-25)45-35-29(15-19-46(43,44)23-36)28-13-17-38-32(28)22-30(35)37/h6-8,10-13,15-20,22-26,39H,1,9,14,21,27-28H2,2-5H3;3-4,6-9,13-14,17-18,20-22,33,38H,5,10-12,15-16,19,23H2,1-2H3,(H,41,42). The number of carboxylic acids is 1. The monoisotopic (exact) mass is 1490 g/mol. The maximum Gasteiger partial charge on any atom is 0.315 e. The molecule has 101 heavy (non-hydrogen) atoms. The van der Waals surface area contributed by atoms with E-state index < -0.39 is 42.9 Å². The first-order chi connectivity index (χ1) is 48.3. The number of carboxylic acid groups (broad SMARTS) is 1. The number of hydrogen-bond donors (Lipinski definition) is 2. The van der Waals surface area contributed by atoms with Crippen LogP contribution in [0, 0.1) is 29.4 Å². The van der Waals surface area contributed by atoms with Gasteiger partial charge >= 0.3 is 11.9 Å². The number of nitrogens with one attached hydrogen (secondary N) is 1. The Bertz CT molecular complexity index is 5060. The number of ether oxygens (including phenoxy) is 3. The van der Waals surface area contributed by atoms with Gasteiger partial charge in [-0.15, -0.1) is 11.8 Å². The highest BCUT2D eigenvalue weighted by Gasteiger charge is 2.30. The Labute approximate surface area is 600 Å². The fourth-order valence-electron chi connectivity index (χ4n) is 13.1. The van der Waals surface area contributed by atoms with Crippen molar-refractivity contribution in [2.75, 3.05) is 30.1 Å². The van der Waals surface area contributed by atoms with Gasteiger partial charge in [0.25, 0.3) is 10.0 Å². The van der Waals surface area contributed by atoms with Crippen molar-refractivity contribution in [1.29, 1.82) is 0 Å². The zero-order valence-corrected chi connectivity index (χ0v) is 61.2. The number of benzene rings is 7. The lowest BCUT2D eigenvalue weighted by atomic mass is 9.87. The van der Waals surface area contributed by atoms with Gasteiger partial charge in [-0.1, -0.05) is 147 Å². The first-order valence-corrected chi connectivity index (χ1v) is 38.6. The molecule has 0 amide bonds. The van der Waals surface area contributed by atoms with Gasteiger partial charge < -0.3 is 24.3 Å². The van der Waals surface area contributed by atoms with E-state index in [4.69, 9.17) is 24.4 Å². The number of hydrogen-bond acceptors (Lipinski definition) is 12. The number of carbonyl (C=O) groups excluding carboxylic acids is 1. The summed E-state index contributed by atoms with van der Waals surface area (Å²) >= 11 is 5.23. The minimum absolute atomic E-state index is 0.00505. The molecule has 0 fully saturated rings. The molecule has 1 aliphatic rings. The lowest BCUT2D eigenvalue weighted by Gasteiger charge is -2.26. The van der Waals surface area contributed by atoms with E-state index in [9.17, 15) is 31.5 Å². The van der Waals surface area contributed by atoms with Gasteiger partial charge in [-0.2, -0.15) is 10.2 Å². The number of rotatable bonds is 20. The Morgan fingerprint density at radius 1 is 0.881 bits per heavy atom. The molecule has 7 aromatic carbocycles. The van der Waals surface area contributed by atoms with Crippen molar-refractivity contribution in [2.45, 2.75) is 109 Å². The quantitative estimate of drug-likeness (QED) is 0.0682. The molecule has 4 bridgehead atoms. The highest BCUT2D eigenvalue weighted by atomic mass is 79.9. The number of aliphatic carboxylic acids is 1. The van der Waals surface area contributed by atoms with Gasteiger partial charge in [0, 0.05) is 86.4 Å². The van der Waals surface area contributed by atoms with Crippen LogP contribution in [0.1, 0.15) is 118 Å². The van der Waals surface area contributed by atoms with E-state index in [1.807, 2.05) is 121 Å². The highest BCUT2D eigenvalue weighted by molar-refractivity contribution is 9.10. The maximum atomic E-state index is 15.9. The Hall–Kier alpha value is -9.09. The van der Waals surface area contributed by atoms with E-state index in [0.29, 0.717) is 58.5 Å². The number of esters is 1. The molecule has 526 valence electrons. The zero-order chi connectivity index (χ0) is 71.8. The first kappa shape index (κ1) is 73.1. The van der Waals surface area contributed by atoms with E-state index in [0.717, 1.165) is 90.0 Å². The van der Waals surface area contributed by atoms with Crippen LogP contribution < -0.4 is 9.47 Å². The summed E-state index contributed by atoms with van der Waals surface area (Å²) in [4.78, 5) is 25.9. The Morgan fingerprint density at radius 3 is 2.39 bits per heavy atom. The van der Waals surface area contributed by atoms with Crippen molar-refractivity contribution in [3.8, 4) is 45.5 Å². The lowest BCUT2D eigenvalue weighted by molar-refractivity contribution is -0.138. The van der Waals surface area contributed by atoms with Crippen molar-refractivity contribution in [3.63, 3.8) is 0 Å². The summed E-state index contributed by atoms with van der Waals surface area (Å²) in [6.45, 7) is 14.2. The Kier molecular flexibility index (Phi) is 22.8. The largest absolute Gasteiger partial charge is 0.481 e. The number of halogens is 3. The average Bonchev–Trinajstić information content (AvgIpc) is 1.64. The fraction of sp³-hybridized carbons (Fsp3) is 0.291. The summed E-state index contributed by atoms with van der Waals surface area (Å²) in [5.74, 6) is -0.514. The molecule has 4 aromatic heterocycles. The second kappa shape index (κ2) is 31.4. The SMILES string of the molecule is C=Cc1c(Oc2cccc(-c3ccn(C(CCCC(C)(C)CSCC(=O)OC)c4cccc(Br)c4)n3)c2)c(F)cc2c1ccn2S(=O)(=O)c1ccc(C)cc1.CC1(C)CCCC(c2cccc(CCC(=O)O)c2)n2ccc(n2)-c2cccc(c2)Oc2c(F)cc3[nH]ccc3c2CCS(=O)(=O)C1. The predicted octanol–water partition coefficient (Wildman–Crippen LogP) is 18.8. The average molecular weight is 1490 g/mol. The van der Waals surface area contributed by atoms with Crippen LogP contribution in [0.2, 0.25) is 0 Å². The number of thioether (sulfide) groups is 1. The van der Waals surface area contributed by atoms with Gasteiger partial charge in [0.1, 0.15) is 11.5 Å². The van der Waals surface area contributed by atoms with Crippen molar-refractivity contribution in [2.24, 2.45) is 10.8 Å². The molecule has 5 heterocycles. The van der Waals surface area contributed by atoms with Gasteiger partial charge in [0.2, 0.25) is 0 Å². The lowest BCUT2D eigenvalue weighted by Crippen LogP contribution is -2.27. The fourth-order valence-corrected chi connectivity index (χ4v) is 17.9. The summed E-state index contributed by atoms with van der Waals surface area (Å²) in [7, 11) is -6.08. The molecule has 16 nitrogen and oxygen atoms in total. The first-order valence-electron chi connectivity index (χ1n) is 33.4. The smallest absolute Gasteiger partial charge is 0.315 e. The van der Waals surface area contributed by atoms with E-state index in [1.54, 1.807) is 60.4 Å². The minimum atomic E-state index is -3.98. The summed E-state index contributed by atoms with van der Waals surface area (Å²) in [6, 6.07) is 47.0. The molecule has 2 atom stereocenters. The highest BCUT2D eigenvalue weighted by Crippen LogP contribution is 2.41. The Morgan fingerprint density at radius 2 is 1.62 bits per heavy atom. The molecule has 0 saturated heterocycles. The van der Waals surface area contributed by atoms with Crippen LogP contribution in [0.5, 0.6) is 23.0 Å². The molecule has 2 unspecified atom stereocenters. The minimum Gasteiger partial charge on any atom is -0.481 e. The van der Waals surface area contributed by atoms with Gasteiger partial charge in [-0.3, -0.25) is 19.0 Å². The molecule has 11 aromatic rings. The second-order valence-electron chi connectivity index (χ2n) is 27.1. The molecular formula is C79H81BrF2N6O10S3. The molecule has 2 N–H and O–H groups in total. The van der Waals surface area contributed by atoms with E-state index in [1.165, 1.54) is 43.6 Å². The van der Waals surface area contributed by atoms with Crippen LogP contribution >= 0.6 is 27.7 Å². The van der Waals surface area contributed by atoms with Crippen LogP contribution in [0.3, 0.4) is 0 Å².